The fourth-order valence-corrected chi connectivity index (χ4v) is 3.97. The minimum Gasteiger partial charge on any atom is -0.508 e. The summed E-state index contributed by atoms with van der Waals surface area (Å²) >= 11 is 0. The van der Waals surface area contributed by atoms with Crippen LogP contribution in [-0.4, -0.2) is 21.8 Å². The van der Waals surface area contributed by atoms with Crippen molar-refractivity contribution in [1.29, 1.82) is 0 Å². The van der Waals surface area contributed by atoms with E-state index in [2.05, 4.69) is 19.9 Å². The molecule has 2 atom stereocenters. The van der Waals surface area contributed by atoms with E-state index in [9.17, 15) is 9.90 Å². The summed E-state index contributed by atoms with van der Waals surface area (Å²) < 4.78 is 6.21. The van der Waals surface area contributed by atoms with Crippen LogP contribution in [0.4, 0.5) is 0 Å². The highest BCUT2D eigenvalue weighted by Gasteiger charge is 2.42. The summed E-state index contributed by atoms with van der Waals surface area (Å²) in [4.78, 5) is 11.0. The molecule has 134 valence electrons. The average molecular weight is 334 g/mol. The standard InChI is InChI=1S/C20H30O4/c1-5-6-7-8-14-11-16(21)19-13(2)15(9-10-18(22)23)20(3,4)24-17(19)12-14/h11-13,15,21H,5-10H2,1-4H3,(H,22,23). The van der Waals surface area contributed by atoms with Crippen molar-refractivity contribution in [3.05, 3.63) is 23.3 Å². The molecule has 0 aromatic heterocycles. The molecule has 0 saturated heterocycles. The number of hydrogen-bond acceptors (Lipinski definition) is 3. The molecule has 24 heavy (non-hydrogen) atoms. The number of unbranched alkanes of at least 4 members (excludes halogenated alkanes) is 2. The summed E-state index contributed by atoms with van der Waals surface area (Å²) in [5, 5.41) is 19.5. The van der Waals surface area contributed by atoms with Crippen molar-refractivity contribution in [3.8, 4) is 11.5 Å². The van der Waals surface area contributed by atoms with E-state index < -0.39 is 11.6 Å². The summed E-state index contributed by atoms with van der Waals surface area (Å²) in [7, 11) is 0. The molecular formula is C20H30O4. The topological polar surface area (TPSA) is 66.8 Å². The number of phenols is 1. The van der Waals surface area contributed by atoms with Crippen molar-refractivity contribution in [3.63, 3.8) is 0 Å². The lowest BCUT2D eigenvalue weighted by atomic mass is 9.72. The maximum absolute atomic E-state index is 11.0. The highest BCUT2D eigenvalue weighted by molar-refractivity contribution is 5.66. The number of ether oxygens (including phenoxy) is 1. The van der Waals surface area contributed by atoms with Gasteiger partial charge in [0.2, 0.25) is 0 Å². The van der Waals surface area contributed by atoms with Gasteiger partial charge in [-0.3, -0.25) is 4.79 Å². The number of benzene rings is 1. The fraction of sp³-hybridized carbons (Fsp3) is 0.650. The van der Waals surface area contributed by atoms with E-state index in [0.29, 0.717) is 6.42 Å². The Labute approximate surface area is 144 Å². The van der Waals surface area contributed by atoms with Gasteiger partial charge in [-0.15, -0.1) is 0 Å². The molecule has 1 aromatic carbocycles. The zero-order valence-corrected chi connectivity index (χ0v) is 15.3. The smallest absolute Gasteiger partial charge is 0.303 e. The monoisotopic (exact) mass is 334 g/mol. The highest BCUT2D eigenvalue weighted by atomic mass is 16.5. The van der Waals surface area contributed by atoms with Gasteiger partial charge in [0.15, 0.2) is 0 Å². The molecule has 0 bridgehead atoms. The lowest BCUT2D eigenvalue weighted by molar-refractivity contribution is -0.137. The van der Waals surface area contributed by atoms with E-state index in [1.165, 1.54) is 12.8 Å². The Morgan fingerprint density at radius 3 is 2.62 bits per heavy atom. The molecule has 2 rings (SSSR count). The van der Waals surface area contributed by atoms with Crippen LogP contribution in [0.15, 0.2) is 12.1 Å². The van der Waals surface area contributed by atoms with Crippen molar-refractivity contribution >= 4 is 5.97 Å². The Hall–Kier alpha value is -1.71. The van der Waals surface area contributed by atoms with Gasteiger partial charge in [-0.2, -0.15) is 0 Å². The van der Waals surface area contributed by atoms with Crippen molar-refractivity contribution in [1.82, 2.24) is 0 Å². The molecule has 0 amide bonds. The maximum Gasteiger partial charge on any atom is 0.303 e. The number of rotatable bonds is 7. The number of aliphatic carboxylic acids is 1. The first-order chi connectivity index (χ1) is 11.3. The van der Waals surface area contributed by atoms with Crippen LogP contribution in [-0.2, 0) is 11.2 Å². The second-order valence-electron chi connectivity index (χ2n) is 7.52. The number of carbonyl (C=O) groups is 1. The molecule has 1 aliphatic heterocycles. The SMILES string of the molecule is CCCCCc1cc(O)c2c(c1)OC(C)(C)C(CCC(=O)O)C2C. The van der Waals surface area contributed by atoms with E-state index in [-0.39, 0.29) is 24.0 Å². The first-order valence-corrected chi connectivity index (χ1v) is 9.02. The minimum atomic E-state index is -0.792. The van der Waals surface area contributed by atoms with Crippen LogP contribution in [0.1, 0.15) is 76.8 Å². The van der Waals surface area contributed by atoms with Gasteiger partial charge in [0.1, 0.15) is 17.1 Å². The molecule has 2 unspecified atom stereocenters. The maximum atomic E-state index is 11.0. The van der Waals surface area contributed by atoms with Gasteiger partial charge in [0.25, 0.3) is 0 Å². The van der Waals surface area contributed by atoms with Gasteiger partial charge in [-0.05, 0) is 56.7 Å². The van der Waals surface area contributed by atoms with Crippen LogP contribution in [0.5, 0.6) is 11.5 Å². The Balaban J connectivity index is 2.28. The predicted octanol–water partition coefficient (Wildman–Crippen LogP) is 4.88. The minimum absolute atomic E-state index is 0.0536. The first-order valence-electron chi connectivity index (χ1n) is 9.02. The lowest BCUT2D eigenvalue weighted by Crippen LogP contribution is -2.44. The third-order valence-corrected chi connectivity index (χ3v) is 5.24. The summed E-state index contributed by atoms with van der Waals surface area (Å²) in [6.45, 7) is 8.26. The van der Waals surface area contributed by atoms with Crippen LogP contribution in [0.2, 0.25) is 0 Å². The Kier molecular flexibility index (Phi) is 5.79. The van der Waals surface area contributed by atoms with E-state index in [1.807, 2.05) is 19.9 Å². The van der Waals surface area contributed by atoms with Crippen molar-refractivity contribution in [2.75, 3.05) is 0 Å². The zero-order valence-electron chi connectivity index (χ0n) is 15.3. The molecule has 0 fully saturated rings. The number of carboxylic acids is 1. The molecule has 0 aliphatic carbocycles. The average Bonchev–Trinajstić information content (AvgIpc) is 2.45. The summed E-state index contributed by atoms with van der Waals surface area (Å²) in [5.41, 5.74) is 1.48. The van der Waals surface area contributed by atoms with Crippen LogP contribution in [0.25, 0.3) is 0 Å². The number of fused-ring (bicyclic) bond motifs is 1. The number of aromatic hydroxyl groups is 1. The Morgan fingerprint density at radius 1 is 1.29 bits per heavy atom. The second kappa shape index (κ2) is 7.45. The molecule has 2 N–H and O–H groups in total. The van der Waals surface area contributed by atoms with E-state index in [1.54, 1.807) is 0 Å². The van der Waals surface area contributed by atoms with Crippen LogP contribution in [0.3, 0.4) is 0 Å². The normalized spacial score (nSPS) is 21.8. The largest absolute Gasteiger partial charge is 0.508 e. The van der Waals surface area contributed by atoms with E-state index >= 15 is 0 Å². The van der Waals surface area contributed by atoms with Gasteiger partial charge in [-0.25, -0.2) is 0 Å². The molecule has 0 saturated carbocycles. The van der Waals surface area contributed by atoms with Crippen molar-refractivity contribution < 1.29 is 19.7 Å². The van der Waals surface area contributed by atoms with Crippen LogP contribution in [0, 0.1) is 5.92 Å². The molecule has 4 heteroatoms. The van der Waals surface area contributed by atoms with Crippen LogP contribution >= 0.6 is 0 Å². The summed E-state index contributed by atoms with van der Waals surface area (Å²) in [6.07, 6.45) is 5.05. The number of hydrogen-bond donors (Lipinski definition) is 2. The quantitative estimate of drug-likeness (QED) is 0.697. The fourth-order valence-electron chi connectivity index (χ4n) is 3.97. The third-order valence-electron chi connectivity index (χ3n) is 5.24. The zero-order chi connectivity index (χ0) is 17.9. The number of carboxylic acid groups (broad SMARTS) is 1. The third kappa shape index (κ3) is 4.03. The molecule has 4 nitrogen and oxygen atoms in total. The van der Waals surface area contributed by atoms with E-state index in [0.717, 1.165) is 29.7 Å². The molecule has 1 aliphatic rings. The highest BCUT2D eigenvalue weighted by Crippen LogP contribution is 2.50. The van der Waals surface area contributed by atoms with Crippen molar-refractivity contribution in [2.45, 2.75) is 77.7 Å². The van der Waals surface area contributed by atoms with Gasteiger partial charge < -0.3 is 14.9 Å². The van der Waals surface area contributed by atoms with Gasteiger partial charge >= 0.3 is 5.97 Å². The first kappa shape index (κ1) is 18.6. The summed E-state index contributed by atoms with van der Waals surface area (Å²) in [6, 6.07) is 3.90. The molecule has 1 aromatic rings. The second-order valence-corrected chi connectivity index (χ2v) is 7.52. The molecule has 0 radical (unpaired) electrons. The van der Waals surface area contributed by atoms with Crippen LogP contribution < -0.4 is 4.74 Å². The Morgan fingerprint density at radius 2 is 2.00 bits per heavy atom. The molecular weight excluding hydrogens is 304 g/mol. The van der Waals surface area contributed by atoms with Gasteiger partial charge in [-0.1, -0.05) is 26.7 Å². The summed E-state index contributed by atoms with van der Waals surface area (Å²) in [5.74, 6) is 0.359. The Bertz CT molecular complexity index is 592. The van der Waals surface area contributed by atoms with Crippen molar-refractivity contribution in [2.24, 2.45) is 5.92 Å². The number of aryl methyl sites for hydroxylation is 1. The van der Waals surface area contributed by atoms with Gasteiger partial charge in [0.05, 0.1) is 0 Å². The lowest BCUT2D eigenvalue weighted by Gasteiger charge is -2.44. The van der Waals surface area contributed by atoms with Gasteiger partial charge in [0, 0.05) is 17.9 Å². The molecule has 0 spiro atoms. The molecule has 1 heterocycles. The number of phenolic OH excluding ortho intramolecular Hbond substituents is 1. The van der Waals surface area contributed by atoms with E-state index in [4.69, 9.17) is 9.84 Å². The predicted molar refractivity (Wildman–Crippen MR) is 94.8 cm³/mol.